The third kappa shape index (κ3) is 13.1. The molecule has 0 saturated carbocycles. The first kappa shape index (κ1) is 34.7. The minimum Gasteiger partial charge on any atom is -0.307 e. The van der Waals surface area contributed by atoms with Gasteiger partial charge in [-0.3, -0.25) is 4.90 Å². The molecular formula is C32H41ClN2P2W. The van der Waals surface area contributed by atoms with Crippen LogP contribution in [-0.2, 0) is 21.1 Å². The van der Waals surface area contributed by atoms with Gasteiger partial charge >= 0.3 is 0 Å². The Morgan fingerprint density at radius 2 is 0.763 bits per heavy atom. The van der Waals surface area contributed by atoms with Crippen LogP contribution in [0.4, 0.5) is 0 Å². The van der Waals surface area contributed by atoms with Crippen LogP contribution >= 0.6 is 27.4 Å². The Balaban J connectivity index is 0.000000290. The third-order valence-electron chi connectivity index (χ3n) is 5.65. The zero-order valence-electron chi connectivity index (χ0n) is 23.4. The molecule has 0 amide bonds. The molecule has 38 heavy (non-hydrogen) atoms. The summed E-state index contributed by atoms with van der Waals surface area (Å²) in [6, 6.07) is 42.8. The molecule has 2 nitrogen and oxygen atoms in total. The molecule has 202 valence electrons. The molecule has 0 saturated heterocycles. The molecule has 0 heterocycles. The molecule has 0 spiro atoms. The van der Waals surface area contributed by atoms with Crippen molar-refractivity contribution in [3.05, 3.63) is 121 Å². The van der Waals surface area contributed by atoms with Crippen LogP contribution in [0.2, 0.25) is 0 Å². The Morgan fingerprint density at radius 3 is 0.921 bits per heavy atom. The quantitative estimate of drug-likeness (QED) is 0.128. The first-order valence-electron chi connectivity index (χ1n) is 12.4. The normalized spacial score (nSPS) is 11.2. The Labute approximate surface area is 253 Å². The Morgan fingerprint density at radius 1 is 0.526 bits per heavy atom. The van der Waals surface area contributed by atoms with E-state index in [2.05, 4.69) is 140 Å². The van der Waals surface area contributed by atoms with Gasteiger partial charge in [0.2, 0.25) is 0 Å². The van der Waals surface area contributed by atoms with Gasteiger partial charge in [-0.2, -0.15) is 0 Å². The van der Waals surface area contributed by atoms with E-state index < -0.39 is 0 Å². The van der Waals surface area contributed by atoms with Gasteiger partial charge in [0.1, 0.15) is 0 Å². The van der Waals surface area contributed by atoms with E-state index >= 15 is 0 Å². The van der Waals surface area contributed by atoms with Gasteiger partial charge in [0, 0.05) is 27.6 Å². The molecule has 0 bridgehead atoms. The van der Waals surface area contributed by atoms with Gasteiger partial charge in [-0.15, -0.1) is 11.6 Å². The summed E-state index contributed by atoms with van der Waals surface area (Å²) in [6.07, 6.45) is 0. The van der Waals surface area contributed by atoms with Crippen molar-refractivity contribution in [3.8, 4) is 0 Å². The van der Waals surface area contributed by atoms with Crippen molar-refractivity contribution < 1.29 is 21.1 Å². The number of nitrogens with zero attached hydrogens (tertiary/aromatic N) is 2. The molecule has 4 rings (SSSR count). The molecule has 0 aliphatic heterocycles. The van der Waals surface area contributed by atoms with Crippen LogP contribution in [0.25, 0.3) is 0 Å². The summed E-state index contributed by atoms with van der Waals surface area (Å²) in [4.78, 5) is 4.05. The Kier molecular flexibility index (Phi) is 17.9. The summed E-state index contributed by atoms with van der Waals surface area (Å²) in [5, 5.41) is 5.75. The van der Waals surface area contributed by atoms with Crippen LogP contribution in [-0.4, -0.2) is 63.4 Å². The van der Waals surface area contributed by atoms with Crippen molar-refractivity contribution in [2.75, 3.05) is 48.1 Å². The van der Waals surface area contributed by atoms with E-state index in [1.54, 1.807) is 0 Å². The van der Waals surface area contributed by atoms with Crippen molar-refractivity contribution in [1.82, 2.24) is 9.80 Å². The zero-order valence-corrected chi connectivity index (χ0v) is 28.9. The van der Waals surface area contributed by atoms with Gasteiger partial charge < -0.3 is 4.90 Å². The molecule has 0 radical (unpaired) electrons. The predicted octanol–water partition coefficient (Wildman–Crippen LogP) is 6.17. The first-order chi connectivity index (χ1) is 17.8. The predicted molar refractivity (Wildman–Crippen MR) is 172 cm³/mol. The van der Waals surface area contributed by atoms with Crippen LogP contribution in [0.1, 0.15) is 0 Å². The molecule has 0 aliphatic carbocycles. The van der Waals surface area contributed by atoms with E-state index in [-0.39, 0.29) is 42.4 Å². The Bertz CT molecular complexity index is 941. The minimum absolute atomic E-state index is 0. The summed E-state index contributed by atoms with van der Waals surface area (Å²) < 4.78 is 0. The van der Waals surface area contributed by atoms with Crippen LogP contribution in [0.3, 0.4) is 0 Å². The third-order valence-corrected chi connectivity index (χ3v) is 10.5. The average molecular weight is 735 g/mol. The fourth-order valence-electron chi connectivity index (χ4n) is 3.37. The second-order valence-electron chi connectivity index (χ2n) is 9.12. The molecule has 1 atom stereocenters. The van der Waals surface area contributed by atoms with Gasteiger partial charge in [0.25, 0.3) is 0 Å². The number of rotatable bonds is 7. The van der Waals surface area contributed by atoms with Gasteiger partial charge in [0.05, 0.1) is 5.50 Å². The maximum absolute atomic E-state index is 5.89. The van der Waals surface area contributed by atoms with E-state index in [1.807, 2.05) is 33.1 Å². The van der Waals surface area contributed by atoms with Crippen LogP contribution in [0.5, 0.6) is 0 Å². The van der Waals surface area contributed by atoms with Crippen molar-refractivity contribution in [1.29, 1.82) is 0 Å². The molecule has 1 unspecified atom stereocenters. The number of alkyl halides is 1. The number of halogens is 1. The van der Waals surface area contributed by atoms with Crippen LogP contribution in [0.15, 0.2) is 121 Å². The second-order valence-corrected chi connectivity index (χ2v) is 13.9. The number of hydrogen-bond acceptors (Lipinski definition) is 2. The molecule has 0 N–H and O–H groups in total. The topological polar surface area (TPSA) is 6.48 Å². The summed E-state index contributed by atoms with van der Waals surface area (Å²) in [6.45, 7) is 5.51. The maximum Gasteiger partial charge on any atom is 0.0973 e. The standard InChI is InChI=1S/2C13H13P.C6H15ClN2.W/c2*1-14(12-8-4-2-5-9-12)13-10-6-3-7-11-13;1-8(2)5-6(7)9(3)4;/h2*2-11H,1H3;6H,5H2,1-4H3;. The number of likely N-dealkylation sites (N-methyl/N-ethyl adjacent to an activating group) is 2. The molecule has 0 aromatic heterocycles. The molecule has 6 heteroatoms. The number of hydrogen-bond donors (Lipinski definition) is 0. The fourth-order valence-corrected chi connectivity index (χ4v) is 6.72. The molecule has 0 aliphatic rings. The molecule has 4 aromatic carbocycles. The smallest absolute Gasteiger partial charge is 0.0973 e. The van der Waals surface area contributed by atoms with Crippen molar-refractivity contribution in [2.45, 2.75) is 5.50 Å². The summed E-state index contributed by atoms with van der Waals surface area (Å²) in [5.41, 5.74) is 0.125. The van der Waals surface area contributed by atoms with Crippen molar-refractivity contribution >= 4 is 48.7 Å². The Hall–Kier alpha value is -1.36. The van der Waals surface area contributed by atoms with E-state index in [0.29, 0.717) is 0 Å². The van der Waals surface area contributed by atoms with Crippen molar-refractivity contribution in [2.24, 2.45) is 0 Å². The van der Waals surface area contributed by atoms with Gasteiger partial charge in [0.15, 0.2) is 0 Å². The number of benzene rings is 4. The molecular weight excluding hydrogens is 694 g/mol. The zero-order chi connectivity index (χ0) is 27.0. The van der Waals surface area contributed by atoms with Gasteiger partial charge in [-0.05, 0) is 78.6 Å². The van der Waals surface area contributed by atoms with Gasteiger partial charge in [-0.25, -0.2) is 0 Å². The summed E-state index contributed by atoms with van der Waals surface area (Å²) in [5.74, 6) is 0. The van der Waals surface area contributed by atoms with E-state index in [9.17, 15) is 0 Å². The SMILES string of the molecule is CN(C)CC(Cl)N(C)C.CP(c1ccccc1)c1ccccc1.CP(c1ccccc1)c1ccccc1.[W]. The average Bonchev–Trinajstić information content (AvgIpc) is 2.94. The van der Waals surface area contributed by atoms with E-state index in [1.165, 1.54) is 21.2 Å². The summed E-state index contributed by atoms with van der Waals surface area (Å²) in [7, 11) is 7.63. The van der Waals surface area contributed by atoms with Gasteiger partial charge in [-0.1, -0.05) is 121 Å². The van der Waals surface area contributed by atoms with Crippen LogP contribution in [0, 0.1) is 0 Å². The molecule has 0 fully saturated rings. The van der Waals surface area contributed by atoms with Crippen molar-refractivity contribution in [3.63, 3.8) is 0 Å². The summed E-state index contributed by atoms with van der Waals surface area (Å²) >= 11 is 5.89. The van der Waals surface area contributed by atoms with E-state index in [4.69, 9.17) is 11.6 Å². The maximum atomic E-state index is 5.89. The molecule has 4 aromatic rings. The monoisotopic (exact) mass is 734 g/mol. The van der Waals surface area contributed by atoms with E-state index in [0.717, 1.165) is 6.54 Å². The van der Waals surface area contributed by atoms with Crippen LogP contribution < -0.4 is 21.2 Å². The second kappa shape index (κ2) is 19.7. The fraction of sp³-hybridized carbons (Fsp3) is 0.250. The minimum atomic E-state index is -0.171. The largest absolute Gasteiger partial charge is 0.307 e. The first-order valence-corrected chi connectivity index (χ1v) is 16.4.